The second-order valence-electron chi connectivity index (χ2n) is 6.02. The summed E-state index contributed by atoms with van der Waals surface area (Å²) in [6, 6.07) is 0. The Balaban J connectivity index is 0.00000338. The summed E-state index contributed by atoms with van der Waals surface area (Å²) in [5.41, 5.74) is 0. The molecule has 0 unspecified atom stereocenters. The molecule has 1 aromatic rings. The number of halogens is 1. The molecule has 9 heteroatoms. The first-order valence-corrected chi connectivity index (χ1v) is 10.2. The van der Waals surface area contributed by atoms with Crippen LogP contribution in [0.4, 0.5) is 5.13 Å². The molecule has 0 radical (unpaired) electrons. The van der Waals surface area contributed by atoms with Gasteiger partial charge in [0, 0.05) is 57.3 Å². The van der Waals surface area contributed by atoms with Crippen molar-refractivity contribution in [2.45, 2.75) is 40.0 Å². The number of nitrogens with one attached hydrogen (secondary N) is 1. The summed E-state index contributed by atoms with van der Waals surface area (Å²) in [6.45, 7) is 13.3. The summed E-state index contributed by atoms with van der Waals surface area (Å²) in [7, 11) is 0. The Kier molecular flexibility index (Phi) is 12.1. The number of rotatable bonds is 9. The van der Waals surface area contributed by atoms with E-state index in [0.717, 1.165) is 69.1 Å². The Bertz CT molecular complexity index is 519. The second kappa shape index (κ2) is 13.5. The van der Waals surface area contributed by atoms with Crippen molar-refractivity contribution in [3.05, 3.63) is 5.82 Å². The number of hydrogen-bond acceptors (Lipinski definition) is 6. The van der Waals surface area contributed by atoms with Gasteiger partial charge in [-0.15, -0.1) is 24.0 Å². The van der Waals surface area contributed by atoms with Gasteiger partial charge in [0.1, 0.15) is 5.82 Å². The van der Waals surface area contributed by atoms with Crippen LogP contribution in [0.25, 0.3) is 0 Å². The van der Waals surface area contributed by atoms with Crippen LogP contribution >= 0.6 is 35.5 Å². The van der Waals surface area contributed by atoms with Crippen molar-refractivity contribution < 1.29 is 4.74 Å². The molecule has 2 rings (SSSR count). The maximum Gasteiger partial charge on any atom is 0.205 e. The van der Waals surface area contributed by atoms with Gasteiger partial charge < -0.3 is 19.9 Å². The molecule has 150 valence electrons. The van der Waals surface area contributed by atoms with Crippen LogP contribution < -0.4 is 10.2 Å². The van der Waals surface area contributed by atoms with Crippen molar-refractivity contribution in [3.8, 4) is 0 Å². The lowest BCUT2D eigenvalue weighted by Gasteiger charge is -2.36. The van der Waals surface area contributed by atoms with Crippen LogP contribution in [0.2, 0.25) is 0 Å². The number of anilines is 1. The minimum atomic E-state index is 0. The maximum atomic E-state index is 5.60. The average Bonchev–Trinajstić information content (AvgIpc) is 3.13. The molecule has 7 nitrogen and oxygen atoms in total. The largest absolute Gasteiger partial charge is 0.380 e. The molecule has 0 bridgehead atoms. The van der Waals surface area contributed by atoms with Crippen molar-refractivity contribution in [2.75, 3.05) is 57.4 Å². The van der Waals surface area contributed by atoms with E-state index in [1.54, 1.807) is 0 Å². The number of hydrogen-bond donors (Lipinski definition) is 1. The van der Waals surface area contributed by atoms with Gasteiger partial charge in [0.15, 0.2) is 5.96 Å². The first-order chi connectivity index (χ1) is 12.3. The van der Waals surface area contributed by atoms with Crippen LogP contribution in [0.5, 0.6) is 0 Å². The van der Waals surface area contributed by atoms with Gasteiger partial charge in [-0.1, -0.05) is 20.3 Å². The molecular formula is C17H33IN6OS. The summed E-state index contributed by atoms with van der Waals surface area (Å²) in [6.07, 6.45) is 3.19. The standard InChI is InChI=1S/C17H32N6OS.HI/c1-4-7-13-24-14-8-19-16(18-6-3)22-9-11-23(12-10-22)17-20-15(5-2)21-25-17;/h4-14H2,1-3H3,(H,18,19);1H. The molecule has 1 fully saturated rings. The molecule has 0 saturated carbocycles. The summed E-state index contributed by atoms with van der Waals surface area (Å²) in [5.74, 6) is 1.94. The number of aryl methyl sites for hydroxylation is 1. The first-order valence-electron chi connectivity index (χ1n) is 9.47. The van der Waals surface area contributed by atoms with Gasteiger partial charge in [-0.25, -0.2) is 4.98 Å². The highest BCUT2D eigenvalue weighted by Crippen LogP contribution is 2.19. The number of nitrogens with zero attached hydrogens (tertiary/aromatic N) is 5. The molecule has 1 aliphatic rings. The van der Waals surface area contributed by atoms with Gasteiger partial charge in [0.2, 0.25) is 5.13 Å². The van der Waals surface area contributed by atoms with E-state index in [0.29, 0.717) is 13.2 Å². The summed E-state index contributed by atoms with van der Waals surface area (Å²) >= 11 is 1.51. The zero-order chi connectivity index (χ0) is 17.9. The van der Waals surface area contributed by atoms with Gasteiger partial charge in [0.05, 0.1) is 13.2 Å². The Labute approximate surface area is 178 Å². The van der Waals surface area contributed by atoms with Crippen LogP contribution in [-0.2, 0) is 11.2 Å². The average molecular weight is 496 g/mol. The number of aliphatic imine (C=N–C) groups is 1. The highest BCUT2D eigenvalue weighted by Gasteiger charge is 2.21. The number of guanidine groups is 1. The minimum absolute atomic E-state index is 0. The Morgan fingerprint density at radius 3 is 2.58 bits per heavy atom. The lowest BCUT2D eigenvalue weighted by atomic mass is 10.3. The topological polar surface area (TPSA) is 65.9 Å². The molecule has 26 heavy (non-hydrogen) atoms. The molecule has 0 atom stereocenters. The molecule has 0 amide bonds. The zero-order valence-corrected chi connectivity index (χ0v) is 19.4. The van der Waals surface area contributed by atoms with Gasteiger partial charge in [-0.05, 0) is 13.3 Å². The highest BCUT2D eigenvalue weighted by molar-refractivity contribution is 14.0. The third kappa shape index (κ3) is 7.51. The van der Waals surface area contributed by atoms with E-state index in [-0.39, 0.29) is 24.0 Å². The van der Waals surface area contributed by atoms with E-state index in [9.17, 15) is 0 Å². The molecule has 0 spiro atoms. The fraction of sp³-hybridized carbons (Fsp3) is 0.824. The van der Waals surface area contributed by atoms with Crippen molar-refractivity contribution >= 4 is 46.6 Å². The van der Waals surface area contributed by atoms with Crippen LogP contribution in [0.3, 0.4) is 0 Å². The second-order valence-corrected chi connectivity index (χ2v) is 6.75. The molecule has 1 aliphatic heterocycles. The van der Waals surface area contributed by atoms with E-state index in [2.05, 4.69) is 45.2 Å². The summed E-state index contributed by atoms with van der Waals surface area (Å²) < 4.78 is 9.99. The minimum Gasteiger partial charge on any atom is -0.380 e. The smallest absolute Gasteiger partial charge is 0.205 e. The molecule has 1 saturated heterocycles. The SMILES string of the molecule is CCCCOCCN=C(NCC)N1CCN(c2nc(CC)ns2)CC1.I. The number of unbranched alkanes of at least 4 members (excludes halogenated alkanes) is 1. The van der Waals surface area contributed by atoms with Crippen LogP contribution in [0, 0.1) is 0 Å². The fourth-order valence-corrected chi connectivity index (χ4v) is 3.42. The van der Waals surface area contributed by atoms with Gasteiger partial charge in [0.25, 0.3) is 0 Å². The van der Waals surface area contributed by atoms with E-state index >= 15 is 0 Å². The Hall–Kier alpha value is -0.680. The van der Waals surface area contributed by atoms with E-state index in [1.165, 1.54) is 18.0 Å². The number of ether oxygens (including phenoxy) is 1. The maximum absolute atomic E-state index is 5.60. The highest BCUT2D eigenvalue weighted by atomic mass is 127. The summed E-state index contributed by atoms with van der Waals surface area (Å²) in [5, 5.41) is 4.44. The first kappa shape index (κ1) is 23.4. The van der Waals surface area contributed by atoms with E-state index in [1.807, 2.05) is 0 Å². The van der Waals surface area contributed by atoms with Crippen LogP contribution in [0.1, 0.15) is 39.4 Å². The van der Waals surface area contributed by atoms with Crippen LogP contribution in [0.15, 0.2) is 4.99 Å². The van der Waals surface area contributed by atoms with Crippen LogP contribution in [-0.4, -0.2) is 72.7 Å². The number of piperazine rings is 1. The van der Waals surface area contributed by atoms with Gasteiger partial charge >= 0.3 is 0 Å². The quantitative estimate of drug-likeness (QED) is 0.246. The van der Waals surface area contributed by atoms with E-state index < -0.39 is 0 Å². The molecule has 1 aromatic heterocycles. The molecule has 1 N–H and O–H groups in total. The van der Waals surface area contributed by atoms with Crippen molar-refractivity contribution in [3.63, 3.8) is 0 Å². The third-order valence-corrected chi connectivity index (χ3v) is 4.91. The zero-order valence-electron chi connectivity index (χ0n) is 16.2. The van der Waals surface area contributed by atoms with Gasteiger partial charge in [-0.3, -0.25) is 4.99 Å². The van der Waals surface area contributed by atoms with Crippen molar-refractivity contribution in [1.82, 2.24) is 19.6 Å². The van der Waals surface area contributed by atoms with Crippen molar-refractivity contribution in [1.29, 1.82) is 0 Å². The molecule has 0 aliphatic carbocycles. The lowest BCUT2D eigenvalue weighted by molar-refractivity contribution is 0.138. The van der Waals surface area contributed by atoms with Crippen molar-refractivity contribution in [2.24, 2.45) is 4.99 Å². The Morgan fingerprint density at radius 2 is 1.96 bits per heavy atom. The predicted octanol–water partition coefficient (Wildman–Crippen LogP) is 2.62. The Morgan fingerprint density at radius 1 is 1.19 bits per heavy atom. The normalized spacial score (nSPS) is 15.1. The monoisotopic (exact) mass is 496 g/mol. The van der Waals surface area contributed by atoms with E-state index in [4.69, 9.17) is 9.73 Å². The third-order valence-electron chi connectivity index (χ3n) is 4.10. The molecular weight excluding hydrogens is 463 g/mol. The molecule has 0 aromatic carbocycles. The predicted molar refractivity (Wildman–Crippen MR) is 120 cm³/mol. The number of aromatic nitrogens is 2. The summed E-state index contributed by atoms with van der Waals surface area (Å²) in [4.78, 5) is 14.0. The lowest BCUT2D eigenvalue weighted by Crippen LogP contribution is -2.52. The van der Waals surface area contributed by atoms with Gasteiger partial charge in [-0.2, -0.15) is 4.37 Å². The fourth-order valence-electron chi connectivity index (χ4n) is 2.62. The molecule has 2 heterocycles.